The molecule has 3 rings (SSSR count). The van der Waals surface area contributed by atoms with Gasteiger partial charge in [-0.25, -0.2) is 8.42 Å². The Morgan fingerprint density at radius 2 is 1.68 bits per heavy atom. The molecule has 1 amide bonds. The summed E-state index contributed by atoms with van der Waals surface area (Å²) in [4.78, 5) is 13.6. The summed E-state index contributed by atoms with van der Waals surface area (Å²) in [5.74, 6) is -0.178. The third-order valence-electron chi connectivity index (χ3n) is 3.66. The molecule has 0 spiro atoms. The Bertz CT molecular complexity index is 1070. The van der Waals surface area contributed by atoms with Crippen LogP contribution in [-0.2, 0) is 9.84 Å². The molecule has 146 valence electrons. The van der Waals surface area contributed by atoms with Crippen LogP contribution >= 0.6 is 11.8 Å². The number of carbonyl (C=O) groups excluding carboxylic acids is 1. The number of carbonyl (C=O) groups is 1. The molecule has 0 radical (unpaired) electrons. The minimum absolute atomic E-state index is 0.0344. The van der Waals surface area contributed by atoms with Crippen molar-refractivity contribution in [1.82, 2.24) is 10.2 Å². The van der Waals surface area contributed by atoms with Gasteiger partial charge in [0.2, 0.25) is 5.89 Å². The van der Waals surface area contributed by atoms with Crippen molar-refractivity contribution in [2.75, 3.05) is 11.6 Å². The number of benzene rings is 2. The number of aromatic nitrogens is 2. The molecular weight excluding hydrogens is 398 g/mol. The number of rotatable bonds is 6. The number of nitrogens with zero attached hydrogens (tertiary/aromatic N) is 2. The highest BCUT2D eigenvalue weighted by molar-refractivity contribution is 7.99. The normalized spacial score (nSPS) is 11.6. The molecular formula is C19H19N3O4S2. The topological polar surface area (TPSA) is 102 Å². The lowest BCUT2D eigenvalue weighted by Gasteiger charge is -2.05. The van der Waals surface area contributed by atoms with E-state index >= 15 is 0 Å². The minimum atomic E-state index is -3.28. The molecule has 0 aliphatic heterocycles. The van der Waals surface area contributed by atoms with Crippen LogP contribution in [0.3, 0.4) is 0 Å². The second-order valence-corrected chi connectivity index (χ2v) is 10.0. The molecule has 0 saturated carbocycles. The molecule has 1 aromatic heterocycles. The van der Waals surface area contributed by atoms with Crippen LogP contribution in [0, 0.1) is 0 Å². The molecule has 1 heterocycles. The van der Waals surface area contributed by atoms with E-state index in [1.807, 2.05) is 12.1 Å². The SMILES string of the molecule is CC(C)Sc1ccc(C(=O)Nc2nnc(-c3ccc(S(C)(=O)=O)cc3)o2)cc1. The highest BCUT2D eigenvalue weighted by atomic mass is 32.2. The Kier molecular flexibility index (Phi) is 5.85. The summed E-state index contributed by atoms with van der Waals surface area (Å²) in [6, 6.07) is 13.3. The Morgan fingerprint density at radius 3 is 2.25 bits per heavy atom. The number of hydrogen-bond acceptors (Lipinski definition) is 7. The molecule has 9 heteroatoms. The van der Waals surface area contributed by atoms with Crippen molar-refractivity contribution >= 4 is 33.5 Å². The zero-order valence-electron chi connectivity index (χ0n) is 15.5. The molecule has 0 aliphatic carbocycles. The summed E-state index contributed by atoms with van der Waals surface area (Å²) in [6.07, 6.45) is 1.14. The Hall–Kier alpha value is -2.65. The van der Waals surface area contributed by atoms with E-state index < -0.39 is 9.84 Å². The molecule has 0 aliphatic rings. The Balaban J connectivity index is 1.69. The van der Waals surface area contributed by atoms with Gasteiger partial charge >= 0.3 is 6.01 Å². The number of amides is 1. The summed E-state index contributed by atoms with van der Waals surface area (Å²) in [5, 5.41) is 10.7. The van der Waals surface area contributed by atoms with Crippen molar-refractivity contribution in [3.63, 3.8) is 0 Å². The summed E-state index contributed by atoms with van der Waals surface area (Å²) in [6.45, 7) is 4.21. The molecule has 7 nitrogen and oxygen atoms in total. The van der Waals surface area contributed by atoms with Crippen molar-refractivity contribution < 1.29 is 17.6 Å². The van der Waals surface area contributed by atoms with Gasteiger partial charge in [-0.1, -0.05) is 18.9 Å². The Labute approximate surface area is 167 Å². The third-order valence-corrected chi connectivity index (χ3v) is 5.81. The molecule has 2 aromatic carbocycles. The van der Waals surface area contributed by atoms with Gasteiger partial charge in [0.15, 0.2) is 9.84 Å². The van der Waals surface area contributed by atoms with E-state index in [0.29, 0.717) is 16.4 Å². The van der Waals surface area contributed by atoms with Gasteiger partial charge in [0.1, 0.15) is 0 Å². The number of nitrogens with one attached hydrogen (secondary N) is 1. The maximum atomic E-state index is 12.3. The van der Waals surface area contributed by atoms with E-state index in [4.69, 9.17) is 4.42 Å². The van der Waals surface area contributed by atoms with Gasteiger partial charge in [0, 0.05) is 27.5 Å². The Morgan fingerprint density at radius 1 is 1.04 bits per heavy atom. The highest BCUT2D eigenvalue weighted by Crippen LogP contribution is 2.24. The predicted molar refractivity (Wildman–Crippen MR) is 108 cm³/mol. The zero-order chi connectivity index (χ0) is 20.3. The number of sulfone groups is 1. The van der Waals surface area contributed by atoms with E-state index in [9.17, 15) is 13.2 Å². The lowest BCUT2D eigenvalue weighted by atomic mass is 10.2. The van der Waals surface area contributed by atoms with Gasteiger partial charge in [-0.2, -0.15) is 0 Å². The monoisotopic (exact) mass is 417 g/mol. The largest absolute Gasteiger partial charge is 0.403 e. The van der Waals surface area contributed by atoms with Crippen molar-refractivity contribution in [3.05, 3.63) is 54.1 Å². The molecule has 28 heavy (non-hydrogen) atoms. The fourth-order valence-corrected chi connectivity index (χ4v) is 3.83. The summed E-state index contributed by atoms with van der Waals surface area (Å²) < 4.78 is 28.5. The van der Waals surface area contributed by atoms with Crippen molar-refractivity contribution in [3.8, 4) is 11.5 Å². The van der Waals surface area contributed by atoms with Gasteiger partial charge in [0.25, 0.3) is 5.91 Å². The van der Waals surface area contributed by atoms with Gasteiger partial charge in [-0.05, 0) is 48.5 Å². The molecule has 1 N–H and O–H groups in total. The van der Waals surface area contributed by atoms with E-state index in [2.05, 4.69) is 29.4 Å². The van der Waals surface area contributed by atoms with Gasteiger partial charge in [-0.15, -0.1) is 16.9 Å². The second-order valence-electron chi connectivity index (χ2n) is 6.35. The number of hydrogen-bond donors (Lipinski definition) is 1. The predicted octanol–water partition coefficient (Wildman–Crippen LogP) is 3.89. The van der Waals surface area contributed by atoms with E-state index in [-0.39, 0.29) is 22.7 Å². The minimum Gasteiger partial charge on any atom is -0.403 e. The maximum Gasteiger partial charge on any atom is 0.322 e. The van der Waals surface area contributed by atoms with Crippen LogP contribution in [-0.4, -0.2) is 36.0 Å². The van der Waals surface area contributed by atoms with Crippen LogP contribution in [0.1, 0.15) is 24.2 Å². The molecule has 0 fully saturated rings. The average molecular weight is 418 g/mol. The van der Waals surface area contributed by atoms with E-state index in [1.165, 1.54) is 12.1 Å². The first kappa shape index (κ1) is 20.1. The van der Waals surface area contributed by atoms with Crippen LogP contribution in [0.5, 0.6) is 0 Å². The average Bonchev–Trinajstić information content (AvgIpc) is 3.09. The van der Waals surface area contributed by atoms with Crippen LogP contribution in [0.4, 0.5) is 6.01 Å². The fourth-order valence-electron chi connectivity index (χ4n) is 2.36. The first-order valence-electron chi connectivity index (χ1n) is 8.44. The van der Waals surface area contributed by atoms with Crippen LogP contribution in [0.2, 0.25) is 0 Å². The molecule has 0 bridgehead atoms. The highest BCUT2D eigenvalue weighted by Gasteiger charge is 2.14. The van der Waals surface area contributed by atoms with E-state index in [0.717, 1.165) is 11.2 Å². The summed E-state index contributed by atoms with van der Waals surface area (Å²) in [5.41, 5.74) is 1.03. The van der Waals surface area contributed by atoms with Crippen molar-refractivity contribution in [1.29, 1.82) is 0 Å². The first-order chi connectivity index (χ1) is 13.2. The summed E-state index contributed by atoms with van der Waals surface area (Å²) >= 11 is 1.72. The van der Waals surface area contributed by atoms with Crippen molar-refractivity contribution in [2.45, 2.75) is 28.9 Å². The molecule has 3 aromatic rings. The lowest BCUT2D eigenvalue weighted by Crippen LogP contribution is -2.11. The van der Waals surface area contributed by atoms with Gasteiger partial charge < -0.3 is 4.42 Å². The quantitative estimate of drug-likeness (QED) is 0.607. The van der Waals surface area contributed by atoms with E-state index in [1.54, 1.807) is 36.0 Å². The number of anilines is 1. The fraction of sp³-hybridized carbons (Fsp3) is 0.211. The van der Waals surface area contributed by atoms with Gasteiger partial charge in [0.05, 0.1) is 4.90 Å². The van der Waals surface area contributed by atoms with Crippen LogP contribution in [0.15, 0.2) is 62.7 Å². The first-order valence-corrected chi connectivity index (χ1v) is 11.2. The zero-order valence-corrected chi connectivity index (χ0v) is 17.2. The smallest absolute Gasteiger partial charge is 0.322 e. The standard InChI is InChI=1S/C19H19N3O4S2/c1-12(2)27-15-8-4-13(5-9-15)17(23)20-19-22-21-18(26-19)14-6-10-16(11-7-14)28(3,24)25/h4-12H,1-3H3,(H,20,22,23). The van der Waals surface area contributed by atoms with Crippen LogP contribution < -0.4 is 5.32 Å². The molecule has 0 saturated heterocycles. The van der Waals surface area contributed by atoms with Crippen LogP contribution in [0.25, 0.3) is 11.5 Å². The number of thioether (sulfide) groups is 1. The lowest BCUT2D eigenvalue weighted by molar-refractivity contribution is 0.102. The third kappa shape index (κ3) is 4.99. The second kappa shape index (κ2) is 8.15. The maximum absolute atomic E-state index is 12.3. The molecule has 0 unspecified atom stereocenters. The summed E-state index contributed by atoms with van der Waals surface area (Å²) in [7, 11) is -3.28. The van der Waals surface area contributed by atoms with Crippen molar-refractivity contribution in [2.24, 2.45) is 0 Å². The van der Waals surface area contributed by atoms with Gasteiger partial charge in [-0.3, -0.25) is 10.1 Å². The molecule has 0 atom stereocenters.